The Kier molecular flexibility index (Phi) is 2.45. The van der Waals surface area contributed by atoms with E-state index in [1.165, 1.54) is 13.4 Å². The van der Waals surface area contributed by atoms with E-state index in [1.54, 1.807) is 24.3 Å². The second-order valence-corrected chi connectivity index (χ2v) is 2.85. The summed E-state index contributed by atoms with van der Waals surface area (Å²) in [5, 5.41) is 9.30. The minimum Gasteiger partial charge on any atom is -0.508 e. The van der Waals surface area contributed by atoms with Gasteiger partial charge in [0.05, 0.1) is 7.11 Å². The lowest BCUT2D eigenvalue weighted by Crippen LogP contribution is -1.95. The first kappa shape index (κ1) is 9.39. The summed E-state index contributed by atoms with van der Waals surface area (Å²) in [6, 6.07) is 6.94. The van der Waals surface area contributed by atoms with Gasteiger partial charge in [-0.2, -0.15) is 9.97 Å². The zero-order valence-electron chi connectivity index (χ0n) is 8.08. The van der Waals surface area contributed by atoms with E-state index in [-0.39, 0.29) is 11.8 Å². The molecule has 5 heteroatoms. The van der Waals surface area contributed by atoms with E-state index in [9.17, 15) is 5.11 Å². The maximum absolute atomic E-state index is 9.30. The van der Waals surface area contributed by atoms with Crippen molar-refractivity contribution in [2.24, 2.45) is 0 Å². The Morgan fingerprint density at radius 3 is 2.87 bits per heavy atom. The highest BCUT2D eigenvalue weighted by Gasteiger charge is 2.03. The molecule has 0 atom stereocenters. The molecule has 2 rings (SSSR count). The van der Waals surface area contributed by atoms with Crippen LogP contribution in [-0.2, 0) is 0 Å². The lowest BCUT2D eigenvalue weighted by atomic mass is 10.2. The molecule has 1 aromatic carbocycles. The third-order valence-electron chi connectivity index (χ3n) is 1.84. The van der Waals surface area contributed by atoms with Gasteiger partial charge in [0.15, 0.2) is 5.82 Å². The van der Waals surface area contributed by atoms with Crippen LogP contribution < -0.4 is 4.74 Å². The monoisotopic (exact) mass is 203 g/mol. The van der Waals surface area contributed by atoms with Gasteiger partial charge >= 0.3 is 6.01 Å². The maximum Gasteiger partial charge on any atom is 0.319 e. The Morgan fingerprint density at radius 2 is 2.13 bits per heavy atom. The third kappa shape index (κ3) is 2.01. The summed E-state index contributed by atoms with van der Waals surface area (Å²) >= 11 is 0. The Hall–Kier alpha value is -2.17. The van der Waals surface area contributed by atoms with Crippen LogP contribution in [0.3, 0.4) is 0 Å². The third-order valence-corrected chi connectivity index (χ3v) is 1.84. The van der Waals surface area contributed by atoms with E-state index in [2.05, 4.69) is 15.0 Å². The van der Waals surface area contributed by atoms with Gasteiger partial charge in [0.1, 0.15) is 12.1 Å². The summed E-state index contributed by atoms with van der Waals surface area (Å²) in [5.74, 6) is 0.643. The van der Waals surface area contributed by atoms with Crippen LogP contribution in [0.1, 0.15) is 0 Å². The molecule has 0 unspecified atom stereocenters. The molecule has 0 bridgehead atoms. The molecule has 5 nitrogen and oxygen atoms in total. The van der Waals surface area contributed by atoms with Crippen molar-refractivity contribution in [1.29, 1.82) is 0 Å². The first-order chi connectivity index (χ1) is 7.29. The van der Waals surface area contributed by atoms with Gasteiger partial charge in [0.25, 0.3) is 0 Å². The number of nitrogens with zero attached hydrogens (tertiary/aromatic N) is 3. The highest BCUT2D eigenvalue weighted by atomic mass is 16.5. The van der Waals surface area contributed by atoms with Crippen LogP contribution in [0, 0.1) is 0 Å². The molecule has 0 amide bonds. The molecule has 0 radical (unpaired) electrons. The normalized spacial score (nSPS) is 9.93. The molecule has 0 fully saturated rings. The molecule has 76 valence electrons. The number of phenolic OH excluding ortho intramolecular Hbond substituents is 1. The molecule has 1 aromatic heterocycles. The Bertz CT molecular complexity index is 474. The molecule has 15 heavy (non-hydrogen) atoms. The zero-order valence-corrected chi connectivity index (χ0v) is 8.08. The minimum atomic E-state index is 0.173. The molecule has 0 spiro atoms. The second-order valence-electron chi connectivity index (χ2n) is 2.85. The fourth-order valence-corrected chi connectivity index (χ4v) is 1.16. The average Bonchev–Trinajstić information content (AvgIpc) is 2.29. The lowest BCUT2D eigenvalue weighted by Gasteiger charge is -2.01. The van der Waals surface area contributed by atoms with Gasteiger partial charge in [-0.3, -0.25) is 0 Å². The van der Waals surface area contributed by atoms with Gasteiger partial charge in [-0.25, -0.2) is 4.98 Å². The van der Waals surface area contributed by atoms with Crippen molar-refractivity contribution in [2.45, 2.75) is 0 Å². The predicted molar refractivity (Wildman–Crippen MR) is 53.5 cm³/mol. The van der Waals surface area contributed by atoms with E-state index in [0.717, 1.165) is 5.56 Å². The molecule has 2 aromatic rings. The summed E-state index contributed by atoms with van der Waals surface area (Å²) in [7, 11) is 1.49. The molecule has 0 aliphatic carbocycles. The number of aromatic nitrogens is 3. The zero-order chi connectivity index (χ0) is 10.7. The van der Waals surface area contributed by atoms with Crippen molar-refractivity contribution < 1.29 is 9.84 Å². The second kappa shape index (κ2) is 3.91. The highest BCUT2D eigenvalue weighted by Crippen LogP contribution is 2.20. The Morgan fingerprint density at radius 1 is 1.27 bits per heavy atom. The minimum absolute atomic E-state index is 0.173. The van der Waals surface area contributed by atoms with Crippen molar-refractivity contribution >= 4 is 0 Å². The summed E-state index contributed by atoms with van der Waals surface area (Å²) in [6.07, 6.45) is 1.37. The molecular weight excluding hydrogens is 194 g/mol. The van der Waals surface area contributed by atoms with Crippen molar-refractivity contribution in [2.75, 3.05) is 7.11 Å². The van der Waals surface area contributed by atoms with Crippen molar-refractivity contribution in [1.82, 2.24) is 15.0 Å². The first-order valence-corrected chi connectivity index (χ1v) is 4.32. The number of rotatable bonds is 2. The van der Waals surface area contributed by atoms with E-state index < -0.39 is 0 Å². The fourth-order valence-electron chi connectivity index (χ4n) is 1.16. The van der Waals surface area contributed by atoms with Gasteiger partial charge < -0.3 is 9.84 Å². The molecule has 0 aliphatic heterocycles. The average molecular weight is 203 g/mol. The molecular formula is C10H9N3O2. The quantitative estimate of drug-likeness (QED) is 0.795. The number of hydrogen-bond donors (Lipinski definition) is 1. The number of phenols is 1. The highest BCUT2D eigenvalue weighted by molar-refractivity contribution is 5.56. The van der Waals surface area contributed by atoms with Crippen molar-refractivity contribution in [3.8, 4) is 23.1 Å². The maximum atomic E-state index is 9.30. The van der Waals surface area contributed by atoms with E-state index in [4.69, 9.17) is 4.74 Å². The van der Waals surface area contributed by atoms with Crippen LogP contribution in [0.2, 0.25) is 0 Å². The van der Waals surface area contributed by atoms with Gasteiger partial charge in [0.2, 0.25) is 0 Å². The first-order valence-electron chi connectivity index (χ1n) is 4.32. The molecule has 1 N–H and O–H groups in total. The lowest BCUT2D eigenvalue weighted by molar-refractivity contribution is 0.378. The Balaban J connectivity index is 2.44. The fraction of sp³-hybridized carbons (Fsp3) is 0.100. The topological polar surface area (TPSA) is 68.1 Å². The SMILES string of the molecule is COc1ncnc(-c2cccc(O)c2)n1. The molecule has 0 aliphatic rings. The number of methoxy groups -OCH3 is 1. The van der Waals surface area contributed by atoms with Crippen LogP contribution >= 0.6 is 0 Å². The van der Waals surface area contributed by atoms with Crippen molar-refractivity contribution in [3.05, 3.63) is 30.6 Å². The molecule has 1 heterocycles. The summed E-state index contributed by atoms with van der Waals surface area (Å²) < 4.78 is 4.88. The molecule has 0 saturated heterocycles. The number of benzene rings is 1. The van der Waals surface area contributed by atoms with E-state index in [0.29, 0.717) is 5.82 Å². The smallest absolute Gasteiger partial charge is 0.319 e. The van der Waals surface area contributed by atoms with E-state index in [1.807, 2.05) is 0 Å². The van der Waals surface area contributed by atoms with Crippen LogP contribution in [-0.4, -0.2) is 27.2 Å². The van der Waals surface area contributed by atoms with Gasteiger partial charge in [0, 0.05) is 5.56 Å². The number of ether oxygens (including phenoxy) is 1. The number of hydrogen-bond acceptors (Lipinski definition) is 5. The standard InChI is InChI=1S/C10H9N3O2/c1-15-10-12-6-11-9(13-10)7-3-2-4-8(14)5-7/h2-6,14H,1H3. The summed E-state index contributed by atoms with van der Waals surface area (Å²) in [5.41, 5.74) is 0.718. The van der Waals surface area contributed by atoms with Crippen LogP contribution in [0.5, 0.6) is 11.8 Å². The summed E-state index contributed by atoms with van der Waals surface area (Å²) in [4.78, 5) is 11.8. The number of aromatic hydroxyl groups is 1. The van der Waals surface area contributed by atoms with Gasteiger partial charge in [-0.15, -0.1) is 0 Å². The van der Waals surface area contributed by atoms with E-state index >= 15 is 0 Å². The van der Waals surface area contributed by atoms with Gasteiger partial charge in [-0.05, 0) is 12.1 Å². The largest absolute Gasteiger partial charge is 0.508 e. The van der Waals surface area contributed by atoms with Crippen LogP contribution in [0.4, 0.5) is 0 Å². The van der Waals surface area contributed by atoms with Crippen molar-refractivity contribution in [3.63, 3.8) is 0 Å². The predicted octanol–water partition coefficient (Wildman–Crippen LogP) is 1.25. The van der Waals surface area contributed by atoms with Crippen LogP contribution in [0.15, 0.2) is 30.6 Å². The Labute approximate surface area is 86.4 Å². The molecule has 0 saturated carbocycles. The van der Waals surface area contributed by atoms with Crippen LogP contribution in [0.25, 0.3) is 11.4 Å². The van der Waals surface area contributed by atoms with Gasteiger partial charge in [-0.1, -0.05) is 12.1 Å². The summed E-state index contributed by atoms with van der Waals surface area (Å²) in [6.45, 7) is 0.